The van der Waals surface area contributed by atoms with Gasteiger partial charge in [0.2, 0.25) is 0 Å². The van der Waals surface area contributed by atoms with E-state index in [9.17, 15) is 9.59 Å². The fourth-order valence-electron chi connectivity index (χ4n) is 5.24. The normalized spacial score (nSPS) is 12.6. The summed E-state index contributed by atoms with van der Waals surface area (Å²) in [7, 11) is 0. The molecule has 0 spiro atoms. The van der Waals surface area contributed by atoms with Crippen molar-refractivity contribution in [1.29, 1.82) is 0 Å². The van der Waals surface area contributed by atoms with Crippen molar-refractivity contribution in [3.05, 3.63) is 155 Å². The van der Waals surface area contributed by atoms with E-state index in [1.54, 1.807) is 17.4 Å². The lowest BCUT2D eigenvalue weighted by Gasteiger charge is -2.25. The summed E-state index contributed by atoms with van der Waals surface area (Å²) in [6.07, 6.45) is 1.74. The molecule has 7 rings (SSSR count). The number of hydrogen-bond acceptors (Lipinski definition) is 4. The lowest BCUT2D eigenvalue weighted by Crippen LogP contribution is -2.09. The van der Waals surface area contributed by atoms with Gasteiger partial charge in [-0.15, -0.1) is 11.3 Å². The molecule has 1 aliphatic rings. The Morgan fingerprint density at radius 1 is 0.525 bits per heavy atom. The number of thiophene rings is 1. The Morgan fingerprint density at radius 2 is 1.02 bits per heavy atom. The van der Waals surface area contributed by atoms with Crippen LogP contribution in [0.5, 0.6) is 0 Å². The number of anilines is 3. The first kappa shape index (κ1) is 24.0. The van der Waals surface area contributed by atoms with Crippen molar-refractivity contribution in [3.63, 3.8) is 0 Å². The molecule has 0 radical (unpaired) electrons. The Hall–Kier alpha value is -5.06. The molecule has 1 heterocycles. The van der Waals surface area contributed by atoms with E-state index in [4.69, 9.17) is 0 Å². The van der Waals surface area contributed by atoms with Crippen LogP contribution in [0.2, 0.25) is 0 Å². The molecule has 0 N–H and O–H groups in total. The Kier molecular flexibility index (Phi) is 5.95. The highest BCUT2D eigenvalue weighted by Crippen LogP contribution is 2.37. The van der Waals surface area contributed by atoms with E-state index in [0.717, 1.165) is 43.2 Å². The van der Waals surface area contributed by atoms with Crippen LogP contribution < -0.4 is 4.90 Å². The summed E-state index contributed by atoms with van der Waals surface area (Å²) >= 11 is 1.57. The van der Waals surface area contributed by atoms with Crippen molar-refractivity contribution in [3.8, 4) is 10.4 Å². The first-order valence-electron chi connectivity index (χ1n) is 13.1. The molecule has 0 atom stereocenters. The van der Waals surface area contributed by atoms with Crippen molar-refractivity contribution in [2.45, 2.75) is 0 Å². The van der Waals surface area contributed by atoms with Crippen molar-refractivity contribution in [2.75, 3.05) is 4.90 Å². The molecule has 0 aliphatic heterocycles. The van der Waals surface area contributed by atoms with Gasteiger partial charge in [0.05, 0.1) is 5.57 Å². The molecule has 1 aromatic heterocycles. The smallest absolute Gasteiger partial charge is 0.197 e. The van der Waals surface area contributed by atoms with Crippen LogP contribution in [0, 0.1) is 0 Å². The average molecular weight is 534 g/mol. The van der Waals surface area contributed by atoms with E-state index >= 15 is 0 Å². The molecule has 40 heavy (non-hydrogen) atoms. The van der Waals surface area contributed by atoms with E-state index in [-0.39, 0.29) is 17.1 Å². The maximum absolute atomic E-state index is 13.2. The zero-order valence-corrected chi connectivity index (χ0v) is 22.3. The number of carbonyl (C=O) groups is 2. The van der Waals surface area contributed by atoms with E-state index in [2.05, 4.69) is 53.4 Å². The van der Waals surface area contributed by atoms with Gasteiger partial charge < -0.3 is 4.90 Å². The molecular weight excluding hydrogens is 510 g/mol. The lowest BCUT2D eigenvalue weighted by molar-refractivity contribution is 0.0990. The predicted octanol–water partition coefficient (Wildman–Crippen LogP) is 9.50. The fourth-order valence-corrected chi connectivity index (χ4v) is 6.20. The third-order valence-corrected chi connectivity index (χ3v) is 8.30. The van der Waals surface area contributed by atoms with Crippen LogP contribution in [0.15, 0.2) is 139 Å². The van der Waals surface area contributed by atoms with Crippen molar-refractivity contribution in [1.82, 2.24) is 0 Å². The van der Waals surface area contributed by atoms with Gasteiger partial charge in [-0.25, -0.2) is 0 Å². The minimum absolute atomic E-state index is 0.202. The van der Waals surface area contributed by atoms with Gasteiger partial charge in [0.15, 0.2) is 11.6 Å². The molecule has 5 aromatic carbocycles. The highest BCUT2D eigenvalue weighted by Gasteiger charge is 2.33. The minimum Gasteiger partial charge on any atom is -0.311 e. The monoisotopic (exact) mass is 533 g/mol. The average Bonchev–Trinajstić information content (AvgIpc) is 3.57. The molecule has 3 nitrogen and oxygen atoms in total. The summed E-state index contributed by atoms with van der Waals surface area (Å²) in [6, 6.07) is 44.6. The van der Waals surface area contributed by atoms with Crippen LogP contribution in [0.25, 0.3) is 27.3 Å². The van der Waals surface area contributed by atoms with Gasteiger partial charge in [-0.3, -0.25) is 9.59 Å². The van der Waals surface area contributed by atoms with Crippen LogP contribution in [0.1, 0.15) is 25.6 Å². The highest BCUT2D eigenvalue weighted by molar-refractivity contribution is 7.16. The van der Waals surface area contributed by atoms with E-state index in [1.807, 2.05) is 84.9 Å². The number of nitrogens with zero attached hydrogens (tertiary/aromatic N) is 1. The molecule has 0 amide bonds. The molecule has 0 unspecified atom stereocenters. The number of hydrogen-bond donors (Lipinski definition) is 0. The molecule has 0 bridgehead atoms. The number of ketones is 2. The van der Waals surface area contributed by atoms with Gasteiger partial charge in [-0.2, -0.15) is 0 Å². The first-order chi connectivity index (χ1) is 19.7. The van der Waals surface area contributed by atoms with Crippen LogP contribution >= 0.6 is 11.3 Å². The van der Waals surface area contributed by atoms with Gasteiger partial charge in [-0.05, 0) is 83.1 Å². The van der Waals surface area contributed by atoms with Crippen LogP contribution in [0.4, 0.5) is 17.1 Å². The van der Waals surface area contributed by atoms with Gasteiger partial charge >= 0.3 is 0 Å². The van der Waals surface area contributed by atoms with Crippen molar-refractivity contribution in [2.24, 2.45) is 0 Å². The van der Waals surface area contributed by atoms with Gasteiger partial charge in [0.25, 0.3) is 0 Å². The van der Waals surface area contributed by atoms with E-state index in [0.29, 0.717) is 11.1 Å². The SMILES string of the molecule is O=C1C(=Cc2ccc(-c3ccc(N(c4ccccc4)c4ccccc4)cc3)s2)C(=O)c2cc3ccccc3cc21. The fraction of sp³-hybridized carbons (Fsp3) is 0. The maximum Gasteiger partial charge on any atom is 0.197 e. The first-order valence-corrected chi connectivity index (χ1v) is 13.9. The van der Waals surface area contributed by atoms with Gasteiger partial charge in [0.1, 0.15) is 0 Å². The van der Waals surface area contributed by atoms with E-state index in [1.165, 1.54) is 0 Å². The molecule has 6 aromatic rings. The molecular formula is C36H23NO2S. The Morgan fingerprint density at radius 3 is 1.57 bits per heavy atom. The minimum atomic E-state index is -0.202. The second-order valence-corrected chi connectivity index (χ2v) is 10.8. The Bertz CT molecular complexity index is 1820. The number of fused-ring (bicyclic) bond motifs is 2. The Balaban J connectivity index is 1.18. The van der Waals surface area contributed by atoms with Crippen LogP contribution in [-0.4, -0.2) is 11.6 Å². The third-order valence-electron chi connectivity index (χ3n) is 7.22. The molecule has 0 saturated carbocycles. The van der Waals surface area contributed by atoms with Gasteiger partial charge in [0, 0.05) is 37.9 Å². The lowest BCUT2D eigenvalue weighted by atomic mass is 10.0. The highest BCUT2D eigenvalue weighted by atomic mass is 32.1. The van der Waals surface area contributed by atoms with Gasteiger partial charge in [-0.1, -0.05) is 72.8 Å². The number of allylic oxidation sites excluding steroid dienone is 1. The summed E-state index contributed by atoms with van der Waals surface area (Å²) in [6.45, 7) is 0. The molecule has 0 saturated heterocycles. The zero-order chi connectivity index (χ0) is 27.1. The Labute approximate surface area is 236 Å². The second kappa shape index (κ2) is 9.92. The number of rotatable bonds is 5. The summed E-state index contributed by atoms with van der Waals surface area (Å²) in [5.41, 5.74) is 5.53. The third kappa shape index (κ3) is 4.25. The molecule has 1 aliphatic carbocycles. The standard InChI is InChI=1S/C36H23NO2S/c38-35-31-21-25-9-7-8-10-26(25)22-32(31)36(39)33(35)23-30-19-20-34(40-30)24-15-17-29(18-16-24)37(27-11-3-1-4-12-27)28-13-5-2-6-14-28/h1-23H. The van der Waals surface area contributed by atoms with Crippen molar-refractivity contribution < 1.29 is 9.59 Å². The summed E-state index contributed by atoms with van der Waals surface area (Å²) in [5, 5.41) is 1.92. The largest absolute Gasteiger partial charge is 0.311 e. The topological polar surface area (TPSA) is 37.4 Å². The predicted molar refractivity (Wildman–Crippen MR) is 165 cm³/mol. The number of benzene rings is 5. The van der Waals surface area contributed by atoms with Crippen molar-refractivity contribution >= 4 is 56.8 Å². The number of para-hydroxylation sites is 2. The summed E-state index contributed by atoms with van der Waals surface area (Å²) < 4.78 is 0. The van der Waals surface area contributed by atoms with Crippen LogP contribution in [0.3, 0.4) is 0 Å². The molecule has 0 fully saturated rings. The molecule has 4 heteroatoms. The van der Waals surface area contributed by atoms with Crippen LogP contribution in [-0.2, 0) is 0 Å². The number of carbonyl (C=O) groups excluding carboxylic acids is 2. The maximum atomic E-state index is 13.2. The summed E-state index contributed by atoms with van der Waals surface area (Å²) in [5.74, 6) is -0.404. The summed E-state index contributed by atoms with van der Waals surface area (Å²) in [4.78, 5) is 30.5. The van der Waals surface area contributed by atoms with E-state index < -0.39 is 0 Å². The second-order valence-electron chi connectivity index (χ2n) is 9.72. The quantitative estimate of drug-likeness (QED) is 0.164. The molecule has 190 valence electrons. The number of Topliss-reactive ketones (excluding diaryl/α,β-unsaturated/α-hetero) is 2. The zero-order valence-electron chi connectivity index (χ0n) is 21.5.